The highest BCUT2D eigenvalue weighted by atomic mass is 35.5. The van der Waals surface area contributed by atoms with Gasteiger partial charge in [-0.2, -0.15) is 4.98 Å². The summed E-state index contributed by atoms with van der Waals surface area (Å²) in [5.41, 5.74) is 1.52. The summed E-state index contributed by atoms with van der Waals surface area (Å²) in [7, 11) is 0. The topological polar surface area (TPSA) is 49.6 Å². The average molecular weight is 334 g/mol. The second-order valence-electron chi connectivity index (χ2n) is 6.40. The molecular formula is C17H20ClN3O2. The lowest BCUT2D eigenvalue weighted by Gasteiger charge is -2.30. The van der Waals surface area contributed by atoms with Crippen molar-refractivity contribution in [2.24, 2.45) is 5.92 Å². The van der Waals surface area contributed by atoms with Gasteiger partial charge in [0.2, 0.25) is 5.91 Å². The van der Waals surface area contributed by atoms with Crippen LogP contribution in [0.1, 0.15) is 25.7 Å². The minimum absolute atomic E-state index is 0.271. The Kier molecular flexibility index (Phi) is 3.89. The number of benzene rings is 1. The standard InChI is InChI=1S/C17H20ClN3O2/c18-13-5-6-14-15(11-13)23-17(19-14)21-8-2-7-20(9-10-21)16(22)12-3-1-4-12/h5-6,11-12H,1-4,7-10H2. The van der Waals surface area contributed by atoms with E-state index in [-0.39, 0.29) is 5.92 Å². The Morgan fingerprint density at radius 1 is 1.17 bits per heavy atom. The summed E-state index contributed by atoms with van der Waals surface area (Å²) in [6, 6.07) is 6.10. The molecule has 122 valence electrons. The third kappa shape index (κ3) is 2.90. The molecule has 1 aliphatic carbocycles. The molecule has 2 heterocycles. The highest BCUT2D eigenvalue weighted by molar-refractivity contribution is 6.31. The Hall–Kier alpha value is -1.75. The zero-order valence-corrected chi connectivity index (χ0v) is 13.8. The number of nitrogens with zero attached hydrogens (tertiary/aromatic N) is 3. The maximum Gasteiger partial charge on any atom is 0.298 e. The predicted octanol–water partition coefficient (Wildman–Crippen LogP) is 3.32. The van der Waals surface area contributed by atoms with Crippen molar-refractivity contribution >= 4 is 34.6 Å². The largest absolute Gasteiger partial charge is 0.423 e. The molecule has 1 amide bonds. The number of carbonyl (C=O) groups is 1. The van der Waals surface area contributed by atoms with E-state index in [1.165, 1.54) is 6.42 Å². The molecule has 0 unspecified atom stereocenters. The van der Waals surface area contributed by atoms with Gasteiger partial charge in [-0.25, -0.2) is 0 Å². The van der Waals surface area contributed by atoms with Gasteiger partial charge in [0, 0.05) is 43.2 Å². The summed E-state index contributed by atoms with van der Waals surface area (Å²) in [6.45, 7) is 3.20. The van der Waals surface area contributed by atoms with Crippen LogP contribution in [0, 0.1) is 5.92 Å². The molecule has 0 spiro atoms. The maximum atomic E-state index is 12.4. The van der Waals surface area contributed by atoms with Crippen molar-refractivity contribution < 1.29 is 9.21 Å². The zero-order valence-electron chi connectivity index (χ0n) is 13.0. The number of aromatic nitrogens is 1. The van der Waals surface area contributed by atoms with Gasteiger partial charge < -0.3 is 14.2 Å². The number of amides is 1. The third-order valence-electron chi connectivity index (χ3n) is 4.87. The summed E-state index contributed by atoms with van der Waals surface area (Å²) >= 11 is 6.00. The first kappa shape index (κ1) is 14.8. The van der Waals surface area contributed by atoms with Gasteiger partial charge in [-0.05, 0) is 31.4 Å². The fourth-order valence-electron chi connectivity index (χ4n) is 3.26. The fourth-order valence-corrected chi connectivity index (χ4v) is 3.43. The number of anilines is 1. The zero-order chi connectivity index (χ0) is 15.8. The highest BCUT2D eigenvalue weighted by Crippen LogP contribution is 2.29. The van der Waals surface area contributed by atoms with Crippen molar-refractivity contribution in [3.8, 4) is 0 Å². The first-order valence-corrected chi connectivity index (χ1v) is 8.68. The predicted molar refractivity (Wildman–Crippen MR) is 89.8 cm³/mol. The van der Waals surface area contributed by atoms with Crippen molar-refractivity contribution in [1.82, 2.24) is 9.88 Å². The molecule has 5 nitrogen and oxygen atoms in total. The van der Waals surface area contributed by atoms with E-state index in [1.807, 2.05) is 17.0 Å². The van der Waals surface area contributed by atoms with Gasteiger partial charge in [0.15, 0.2) is 5.58 Å². The third-order valence-corrected chi connectivity index (χ3v) is 5.11. The molecule has 2 aliphatic rings. The molecule has 0 N–H and O–H groups in total. The van der Waals surface area contributed by atoms with Gasteiger partial charge in [-0.3, -0.25) is 4.79 Å². The molecule has 23 heavy (non-hydrogen) atoms. The fraction of sp³-hybridized carbons (Fsp3) is 0.529. The highest BCUT2D eigenvalue weighted by Gasteiger charge is 2.30. The molecule has 4 rings (SSSR count). The molecule has 2 fully saturated rings. The first-order valence-electron chi connectivity index (χ1n) is 8.30. The Morgan fingerprint density at radius 3 is 2.83 bits per heavy atom. The second-order valence-corrected chi connectivity index (χ2v) is 6.84. The Bertz CT molecular complexity index is 726. The lowest BCUT2D eigenvalue weighted by atomic mass is 9.84. The van der Waals surface area contributed by atoms with Crippen molar-refractivity contribution in [2.75, 3.05) is 31.1 Å². The summed E-state index contributed by atoms with van der Waals surface area (Å²) in [5.74, 6) is 0.607. The Labute approximate surface area is 140 Å². The molecule has 1 aromatic heterocycles. The van der Waals surface area contributed by atoms with E-state index in [1.54, 1.807) is 6.07 Å². The summed E-state index contributed by atoms with van der Waals surface area (Å²) in [4.78, 5) is 21.1. The van der Waals surface area contributed by atoms with Crippen LogP contribution >= 0.6 is 11.6 Å². The van der Waals surface area contributed by atoms with Crippen LogP contribution in [0.15, 0.2) is 22.6 Å². The van der Waals surface area contributed by atoms with Crippen molar-refractivity contribution in [2.45, 2.75) is 25.7 Å². The van der Waals surface area contributed by atoms with Crippen molar-refractivity contribution in [3.63, 3.8) is 0 Å². The number of carbonyl (C=O) groups excluding carboxylic acids is 1. The Balaban J connectivity index is 1.47. The van der Waals surface area contributed by atoms with E-state index in [2.05, 4.69) is 9.88 Å². The van der Waals surface area contributed by atoms with E-state index < -0.39 is 0 Å². The van der Waals surface area contributed by atoms with Gasteiger partial charge in [0.1, 0.15) is 5.52 Å². The van der Waals surface area contributed by atoms with E-state index in [4.69, 9.17) is 16.0 Å². The number of hydrogen-bond donors (Lipinski definition) is 0. The van der Waals surface area contributed by atoms with E-state index in [0.29, 0.717) is 22.5 Å². The van der Waals surface area contributed by atoms with E-state index in [0.717, 1.165) is 51.0 Å². The van der Waals surface area contributed by atoms with Crippen LogP contribution in [0.4, 0.5) is 6.01 Å². The molecule has 0 atom stereocenters. The van der Waals surface area contributed by atoms with Crippen LogP contribution in [0.3, 0.4) is 0 Å². The number of oxazole rings is 1. The van der Waals surface area contributed by atoms with Gasteiger partial charge in [-0.15, -0.1) is 0 Å². The smallest absolute Gasteiger partial charge is 0.298 e. The Morgan fingerprint density at radius 2 is 2.04 bits per heavy atom. The van der Waals surface area contributed by atoms with E-state index in [9.17, 15) is 4.79 Å². The number of rotatable bonds is 2. The summed E-state index contributed by atoms with van der Waals surface area (Å²) in [6.07, 6.45) is 4.26. The van der Waals surface area contributed by atoms with Gasteiger partial charge in [0.25, 0.3) is 6.01 Å². The summed E-state index contributed by atoms with van der Waals surface area (Å²) in [5, 5.41) is 0.647. The number of halogens is 1. The maximum absolute atomic E-state index is 12.4. The van der Waals surface area contributed by atoms with Crippen LogP contribution in [-0.2, 0) is 4.79 Å². The van der Waals surface area contributed by atoms with Crippen molar-refractivity contribution in [1.29, 1.82) is 0 Å². The van der Waals surface area contributed by atoms with E-state index >= 15 is 0 Å². The molecule has 2 aromatic rings. The lowest BCUT2D eigenvalue weighted by molar-refractivity contribution is -0.137. The molecule has 6 heteroatoms. The normalized spacial score (nSPS) is 19.7. The molecule has 1 aromatic carbocycles. The SMILES string of the molecule is O=C(C1CCC1)N1CCCN(c2nc3ccc(Cl)cc3o2)CC1. The monoisotopic (exact) mass is 333 g/mol. The minimum atomic E-state index is 0.271. The van der Waals surface area contributed by atoms with Gasteiger partial charge >= 0.3 is 0 Å². The van der Waals surface area contributed by atoms with Crippen LogP contribution < -0.4 is 4.90 Å². The van der Waals surface area contributed by atoms with Crippen LogP contribution in [0.25, 0.3) is 11.1 Å². The lowest BCUT2D eigenvalue weighted by Crippen LogP contribution is -2.41. The molecule has 1 saturated carbocycles. The number of fused-ring (bicyclic) bond motifs is 1. The van der Waals surface area contributed by atoms with Crippen LogP contribution in [0.5, 0.6) is 0 Å². The van der Waals surface area contributed by atoms with Gasteiger partial charge in [-0.1, -0.05) is 18.0 Å². The van der Waals surface area contributed by atoms with Crippen LogP contribution in [-0.4, -0.2) is 42.0 Å². The molecule has 1 aliphatic heterocycles. The van der Waals surface area contributed by atoms with Crippen molar-refractivity contribution in [3.05, 3.63) is 23.2 Å². The minimum Gasteiger partial charge on any atom is -0.423 e. The average Bonchev–Trinajstić information content (AvgIpc) is 2.74. The molecule has 1 saturated heterocycles. The van der Waals surface area contributed by atoms with Crippen LogP contribution in [0.2, 0.25) is 5.02 Å². The van der Waals surface area contributed by atoms with Gasteiger partial charge in [0.05, 0.1) is 0 Å². The molecule has 0 radical (unpaired) electrons. The quantitative estimate of drug-likeness (QED) is 0.846. The number of hydrogen-bond acceptors (Lipinski definition) is 4. The summed E-state index contributed by atoms with van der Waals surface area (Å²) < 4.78 is 5.85. The molecular weight excluding hydrogens is 314 g/mol. The molecule has 0 bridgehead atoms. The first-order chi connectivity index (χ1) is 11.2. The second kappa shape index (κ2) is 6.04.